The molecule has 0 aromatic heterocycles. The smallest absolute Gasteiger partial charge is 0.127 e. The zero-order valence-electron chi connectivity index (χ0n) is 21.9. The topological polar surface area (TPSA) is 60.0 Å². The first-order chi connectivity index (χ1) is 17.4. The molecule has 36 heavy (non-hydrogen) atoms. The Bertz CT molecular complexity index is 1100. The van der Waals surface area contributed by atoms with E-state index in [1.54, 1.807) is 7.11 Å². The third-order valence-corrected chi connectivity index (χ3v) is 6.94. The molecule has 1 aliphatic rings. The van der Waals surface area contributed by atoms with Crippen molar-refractivity contribution in [2.45, 2.75) is 57.2 Å². The molecule has 0 saturated heterocycles. The molecule has 0 saturated carbocycles. The number of nitrogens with one attached hydrogen (secondary N) is 1. The standard InChI is InChI=1S/C31H39NO4/c1-5-6-18-32-20-24(33)21-35-25-14-12-22(13-15-25)29-27-17-16-26(34-4)19-28(27)36-31(2,3)30(29)23-10-8-7-9-11-23/h7-17,19,24,29-30,32-33H,5-6,18,20-21H2,1-4H3/t24?,29-,30+/m0/s1. The molecule has 3 aromatic carbocycles. The molecule has 1 unspecified atom stereocenters. The van der Waals surface area contributed by atoms with Gasteiger partial charge >= 0.3 is 0 Å². The van der Waals surface area contributed by atoms with Crippen LogP contribution in [0.15, 0.2) is 72.8 Å². The van der Waals surface area contributed by atoms with Crippen molar-refractivity contribution in [3.05, 3.63) is 89.5 Å². The molecule has 192 valence electrons. The first kappa shape index (κ1) is 26.1. The third-order valence-electron chi connectivity index (χ3n) is 6.94. The van der Waals surface area contributed by atoms with Crippen molar-refractivity contribution in [3.8, 4) is 17.2 Å². The lowest BCUT2D eigenvalue weighted by Crippen LogP contribution is -2.43. The predicted molar refractivity (Wildman–Crippen MR) is 144 cm³/mol. The Labute approximate surface area is 215 Å². The highest BCUT2D eigenvalue weighted by molar-refractivity contribution is 5.52. The quantitative estimate of drug-likeness (QED) is 0.328. The number of hydrogen-bond acceptors (Lipinski definition) is 5. The highest BCUT2D eigenvalue weighted by Gasteiger charge is 2.45. The maximum atomic E-state index is 10.2. The second-order valence-corrected chi connectivity index (χ2v) is 10.1. The summed E-state index contributed by atoms with van der Waals surface area (Å²) in [4.78, 5) is 0. The van der Waals surface area contributed by atoms with Crippen molar-refractivity contribution in [3.63, 3.8) is 0 Å². The largest absolute Gasteiger partial charge is 0.497 e. The molecule has 0 aliphatic carbocycles. The summed E-state index contributed by atoms with van der Waals surface area (Å²) >= 11 is 0. The zero-order chi connectivity index (χ0) is 25.5. The van der Waals surface area contributed by atoms with Crippen molar-refractivity contribution >= 4 is 0 Å². The average molecular weight is 490 g/mol. The number of methoxy groups -OCH3 is 1. The molecule has 4 rings (SSSR count). The maximum Gasteiger partial charge on any atom is 0.127 e. The number of unbranched alkanes of at least 4 members (excludes halogenated alkanes) is 1. The lowest BCUT2D eigenvalue weighted by atomic mass is 9.68. The summed E-state index contributed by atoms with van der Waals surface area (Å²) in [5, 5.41) is 13.5. The van der Waals surface area contributed by atoms with E-state index in [1.807, 2.05) is 30.3 Å². The minimum absolute atomic E-state index is 0.0967. The van der Waals surface area contributed by atoms with Gasteiger partial charge in [0.1, 0.15) is 35.6 Å². The Balaban J connectivity index is 1.59. The fraction of sp³-hybridized carbons (Fsp3) is 0.419. The van der Waals surface area contributed by atoms with Gasteiger partial charge in [-0.1, -0.05) is 61.9 Å². The summed E-state index contributed by atoms with van der Waals surface area (Å²) in [5.41, 5.74) is 3.15. The van der Waals surface area contributed by atoms with Crippen LogP contribution in [0.4, 0.5) is 0 Å². The highest BCUT2D eigenvalue weighted by atomic mass is 16.5. The summed E-state index contributed by atoms with van der Waals surface area (Å²) < 4.78 is 17.9. The van der Waals surface area contributed by atoms with E-state index in [-0.39, 0.29) is 18.4 Å². The van der Waals surface area contributed by atoms with Crippen LogP contribution in [0.1, 0.15) is 62.1 Å². The molecule has 0 bridgehead atoms. The molecular formula is C31H39NO4. The Morgan fingerprint density at radius 3 is 2.39 bits per heavy atom. The second-order valence-electron chi connectivity index (χ2n) is 10.1. The number of ether oxygens (including phenoxy) is 3. The van der Waals surface area contributed by atoms with Gasteiger partial charge in [-0.3, -0.25) is 0 Å². The molecule has 3 atom stereocenters. The molecule has 3 aromatic rings. The summed E-state index contributed by atoms with van der Waals surface area (Å²) in [7, 11) is 1.68. The fourth-order valence-electron chi connectivity index (χ4n) is 5.13. The molecular weight excluding hydrogens is 450 g/mol. The van der Waals surface area contributed by atoms with Crippen LogP contribution in [0.25, 0.3) is 0 Å². The number of aliphatic hydroxyl groups excluding tert-OH is 1. The van der Waals surface area contributed by atoms with Gasteiger partial charge in [0, 0.05) is 30.0 Å². The van der Waals surface area contributed by atoms with Gasteiger partial charge in [-0.05, 0) is 56.1 Å². The molecule has 1 heterocycles. The Hall–Kier alpha value is -3.02. The van der Waals surface area contributed by atoms with Crippen LogP contribution in [0.3, 0.4) is 0 Å². The normalized spacial score (nSPS) is 19.1. The van der Waals surface area contributed by atoms with Crippen molar-refractivity contribution in [1.82, 2.24) is 5.32 Å². The van der Waals surface area contributed by atoms with Crippen LogP contribution < -0.4 is 19.5 Å². The predicted octanol–water partition coefficient (Wildman–Crippen LogP) is 5.91. The molecule has 2 N–H and O–H groups in total. The van der Waals surface area contributed by atoms with Crippen molar-refractivity contribution in [2.75, 3.05) is 26.8 Å². The van der Waals surface area contributed by atoms with Crippen LogP contribution in [-0.2, 0) is 0 Å². The van der Waals surface area contributed by atoms with E-state index in [1.165, 1.54) is 11.1 Å². The second kappa shape index (κ2) is 11.8. The first-order valence-corrected chi connectivity index (χ1v) is 13.0. The van der Waals surface area contributed by atoms with Gasteiger partial charge in [0.15, 0.2) is 0 Å². The minimum Gasteiger partial charge on any atom is -0.497 e. The Morgan fingerprint density at radius 2 is 1.69 bits per heavy atom. The summed E-state index contributed by atoms with van der Waals surface area (Å²) in [6, 6.07) is 25.0. The van der Waals surface area contributed by atoms with Crippen LogP contribution in [0.2, 0.25) is 0 Å². The Morgan fingerprint density at radius 1 is 0.972 bits per heavy atom. The van der Waals surface area contributed by atoms with Gasteiger partial charge < -0.3 is 24.6 Å². The monoisotopic (exact) mass is 489 g/mol. The van der Waals surface area contributed by atoms with Gasteiger partial charge in [0.25, 0.3) is 0 Å². The molecule has 0 amide bonds. The minimum atomic E-state index is -0.540. The van der Waals surface area contributed by atoms with Crippen LogP contribution >= 0.6 is 0 Å². The maximum absolute atomic E-state index is 10.2. The molecule has 5 nitrogen and oxygen atoms in total. The lowest BCUT2D eigenvalue weighted by molar-refractivity contribution is 0.0528. The summed E-state index contributed by atoms with van der Waals surface area (Å²) in [6.07, 6.45) is 1.71. The van der Waals surface area contributed by atoms with Gasteiger partial charge in [-0.2, -0.15) is 0 Å². The van der Waals surface area contributed by atoms with Crippen molar-refractivity contribution in [2.24, 2.45) is 0 Å². The highest BCUT2D eigenvalue weighted by Crippen LogP contribution is 2.53. The molecule has 0 spiro atoms. The van der Waals surface area contributed by atoms with E-state index in [4.69, 9.17) is 14.2 Å². The summed E-state index contributed by atoms with van der Waals surface area (Å²) in [5.74, 6) is 2.61. The van der Waals surface area contributed by atoms with Crippen LogP contribution in [0, 0.1) is 0 Å². The fourth-order valence-corrected chi connectivity index (χ4v) is 5.13. The SMILES string of the molecule is CCCCNCC(O)COc1ccc([C@H]2c3ccc(OC)cc3OC(C)(C)[C@@H]2c2ccccc2)cc1. The molecule has 1 aliphatic heterocycles. The van der Waals surface area contributed by atoms with Gasteiger partial charge in [-0.15, -0.1) is 0 Å². The van der Waals surface area contributed by atoms with Gasteiger partial charge in [0.2, 0.25) is 0 Å². The lowest BCUT2D eigenvalue weighted by Gasteiger charge is -2.45. The number of benzene rings is 3. The van der Waals surface area contributed by atoms with Crippen LogP contribution in [0.5, 0.6) is 17.2 Å². The molecule has 5 heteroatoms. The summed E-state index contributed by atoms with van der Waals surface area (Å²) in [6.45, 7) is 8.19. The zero-order valence-corrected chi connectivity index (χ0v) is 21.9. The third kappa shape index (κ3) is 6.03. The van der Waals surface area contributed by atoms with Crippen molar-refractivity contribution in [1.29, 1.82) is 0 Å². The van der Waals surface area contributed by atoms with Gasteiger partial charge in [0.05, 0.1) is 7.11 Å². The first-order valence-electron chi connectivity index (χ1n) is 13.0. The molecule has 0 radical (unpaired) electrons. The van der Waals surface area contributed by atoms with E-state index in [0.29, 0.717) is 6.54 Å². The van der Waals surface area contributed by atoms with E-state index < -0.39 is 11.7 Å². The van der Waals surface area contributed by atoms with E-state index in [2.05, 4.69) is 68.6 Å². The van der Waals surface area contributed by atoms with E-state index in [0.717, 1.165) is 42.2 Å². The van der Waals surface area contributed by atoms with E-state index in [9.17, 15) is 5.11 Å². The van der Waals surface area contributed by atoms with Crippen molar-refractivity contribution < 1.29 is 19.3 Å². The number of fused-ring (bicyclic) bond motifs is 1. The number of hydrogen-bond donors (Lipinski definition) is 2. The molecule has 0 fully saturated rings. The number of aliphatic hydroxyl groups is 1. The van der Waals surface area contributed by atoms with Crippen LogP contribution in [-0.4, -0.2) is 43.6 Å². The number of rotatable bonds is 11. The van der Waals surface area contributed by atoms with E-state index >= 15 is 0 Å². The van der Waals surface area contributed by atoms with Gasteiger partial charge in [-0.25, -0.2) is 0 Å². The Kier molecular flexibility index (Phi) is 8.55. The average Bonchev–Trinajstić information content (AvgIpc) is 2.89.